The minimum atomic E-state index is -0.728. The molecule has 24 heavy (non-hydrogen) atoms. The molecule has 0 saturated heterocycles. The fourth-order valence-electron chi connectivity index (χ4n) is 2.33. The van der Waals surface area contributed by atoms with Gasteiger partial charge in [0.15, 0.2) is 0 Å². The fourth-order valence-corrected chi connectivity index (χ4v) is 2.33. The summed E-state index contributed by atoms with van der Waals surface area (Å²) in [6.07, 6.45) is 0. The largest absolute Gasteiger partial charge is 0.372 e. The average Bonchev–Trinajstić information content (AvgIpc) is 2.58. The van der Waals surface area contributed by atoms with Crippen LogP contribution in [-0.4, -0.2) is 23.9 Å². The Labute approximate surface area is 139 Å². The molecule has 0 spiro atoms. The molecule has 0 fully saturated rings. The van der Waals surface area contributed by atoms with Crippen molar-refractivity contribution < 1.29 is 14.1 Å². The van der Waals surface area contributed by atoms with Crippen LogP contribution in [0.3, 0.4) is 0 Å². The Hall–Kier alpha value is -2.96. The summed E-state index contributed by atoms with van der Waals surface area (Å²) in [5, 5.41) is 13.1. The van der Waals surface area contributed by atoms with Crippen LogP contribution in [0.2, 0.25) is 0 Å². The molecule has 0 bridgehead atoms. The minimum Gasteiger partial charge on any atom is -0.372 e. The van der Waals surface area contributed by atoms with E-state index in [4.69, 9.17) is 0 Å². The number of nitrogens with zero attached hydrogens (tertiary/aromatic N) is 2. The lowest BCUT2D eigenvalue weighted by atomic mass is 10.1. The van der Waals surface area contributed by atoms with Gasteiger partial charge in [0.05, 0.1) is 10.6 Å². The summed E-state index contributed by atoms with van der Waals surface area (Å²) in [6, 6.07) is 9.90. The predicted molar refractivity (Wildman–Crippen MR) is 91.0 cm³/mol. The van der Waals surface area contributed by atoms with Gasteiger partial charge in [-0.2, -0.15) is 0 Å². The van der Waals surface area contributed by atoms with Gasteiger partial charge in [-0.05, 0) is 44.2 Å². The Morgan fingerprint density at radius 2 is 1.79 bits per heavy atom. The van der Waals surface area contributed by atoms with Crippen LogP contribution in [0.5, 0.6) is 0 Å². The van der Waals surface area contributed by atoms with Gasteiger partial charge in [0, 0.05) is 36.5 Å². The summed E-state index contributed by atoms with van der Waals surface area (Å²) in [5.74, 6) is -1.26. The quantitative estimate of drug-likeness (QED) is 0.645. The number of carbonyl (C=O) groups excluding carboxylic acids is 1. The van der Waals surface area contributed by atoms with E-state index in [1.807, 2.05) is 26.0 Å². The Bertz CT molecular complexity index is 743. The van der Waals surface area contributed by atoms with Gasteiger partial charge in [0.25, 0.3) is 11.6 Å². The van der Waals surface area contributed by atoms with Crippen LogP contribution in [0, 0.1) is 15.9 Å². The number of carbonyl (C=O) groups is 1. The van der Waals surface area contributed by atoms with Gasteiger partial charge in [0.1, 0.15) is 5.82 Å². The van der Waals surface area contributed by atoms with Crippen LogP contribution in [0.1, 0.15) is 24.2 Å². The summed E-state index contributed by atoms with van der Waals surface area (Å²) in [4.78, 5) is 24.4. The van der Waals surface area contributed by atoms with Crippen molar-refractivity contribution in [3.63, 3.8) is 0 Å². The summed E-state index contributed by atoms with van der Waals surface area (Å²) in [7, 11) is 0. The molecule has 0 aromatic heterocycles. The zero-order valence-corrected chi connectivity index (χ0v) is 13.5. The number of non-ortho nitro benzene ring substituents is 1. The van der Waals surface area contributed by atoms with Gasteiger partial charge in [-0.3, -0.25) is 14.9 Å². The van der Waals surface area contributed by atoms with Crippen LogP contribution in [0.25, 0.3) is 0 Å². The molecule has 2 rings (SSSR count). The number of hydrogen-bond acceptors (Lipinski definition) is 4. The maximum Gasteiger partial charge on any atom is 0.271 e. The van der Waals surface area contributed by atoms with Gasteiger partial charge in [-0.25, -0.2) is 4.39 Å². The Balaban J connectivity index is 2.18. The van der Waals surface area contributed by atoms with Crippen molar-refractivity contribution in [1.82, 2.24) is 0 Å². The number of benzene rings is 2. The number of nitrogens with one attached hydrogen (secondary N) is 1. The van der Waals surface area contributed by atoms with Crippen molar-refractivity contribution in [3.05, 3.63) is 64.0 Å². The van der Waals surface area contributed by atoms with Crippen LogP contribution in [-0.2, 0) is 0 Å². The zero-order chi connectivity index (χ0) is 17.7. The molecule has 1 N–H and O–H groups in total. The summed E-state index contributed by atoms with van der Waals surface area (Å²) >= 11 is 0. The second kappa shape index (κ2) is 7.54. The lowest BCUT2D eigenvalue weighted by Gasteiger charge is -2.21. The van der Waals surface area contributed by atoms with Crippen LogP contribution < -0.4 is 10.2 Å². The molecule has 2 aromatic rings. The minimum absolute atomic E-state index is 0.220. The molecule has 0 aliphatic rings. The highest BCUT2D eigenvalue weighted by molar-refractivity contribution is 6.04. The number of nitro benzene ring substituents is 1. The smallest absolute Gasteiger partial charge is 0.271 e. The maximum atomic E-state index is 13.7. The molecule has 126 valence electrons. The van der Waals surface area contributed by atoms with Gasteiger partial charge in [-0.15, -0.1) is 0 Å². The van der Waals surface area contributed by atoms with Crippen LogP contribution in [0.4, 0.5) is 21.5 Å². The average molecular weight is 331 g/mol. The Morgan fingerprint density at radius 3 is 2.33 bits per heavy atom. The molecule has 0 aliphatic carbocycles. The lowest BCUT2D eigenvalue weighted by molar-refractivity contribution is -0.384. The zero-order valence-electron chi connectivity index (χ0n) is 13.5. The van der Waals surface area contributed by atoms with E-state index in [9.17, 15) is 19.3 Å². The molecule has 6 nitrogen and oxygen atoms in total. The highest BCUT2D eigenvalue weighted by Gasteiger charge is 2.14. The van der Waals surface area contributed by atoms with Crippen molar-refractivity contribution in [3.8, 4) is 0 Å². The van der Waals surface area contributed by atoms with E-state index in [1.165, 1.54) is 0 Å². The first-order chi connectivity index (χ1) is 11.5. The van der Waals surface area contributed by atoms with Crippen LogP contribution >= 0.6 is 0 Å². The highest BCUT2D eigenvalue weighted by atomic mass is 19.1. The third-order valence-electron chi connectivity index (χ3n) is 3.67. The summed E-state index contributed by atoms with van der Waals surface area (Å²) < 4.78 is 13.7. The first-order valence-corrected chi connectivity index (χ1v) is 7.56. The van der Waals surface area contributed by atoms with E-state index < -0.39 is 16.6 Å². The fraction of sp³-hybridized carbons (Fsp3) is 0.235. The third kappa shape index (κ3) is 3.87. The second-order valence-electron chi connectivity index (χ2n) is 5.09. The number of hydrogen-bond donors (Lipinski definition) is 1. The van der Waals surface area contributed by atoms with Crippen molar-refractivity contribution in [2.45, 2.75) is 13.8 Å². The van der Waals surface area contributed by atoms with Crippen molar-refractivity contribution in [1.29, 1.82) is 0 Å². The standard InChI is InChI=1S/C17H18FN3O3/c1-3-20(4-2)13-7-5-12(6-8-13)17(22)19-16-11-14(21(23)24)9-10-15(16)18/h5-11H,3-4H2,1-2H3,(H,19,22). The normalized spacial score (nSPS) is 10.3. The van der Waals surface area contributed by atoms with Gasteiger partial charge < -0.3 is 10.2 Å². The number of rotatable bonds is 6. The monoisotopic (exact) mass is 331 g/mol. The molecular formula is C17H18FN3O3. The molecule has 0 radical (unpaired) electrons. The van der Waals surface area contributed by atoms with Crippen LogP contribution in [0.15, 0.2) is 42.5 Å². The maximum absolute atomic E-state index is 13.7. The number of nitro groups is 1. The van der Waals surface area contributed by atoms with Gasteiger partial charge >= 0.3 is 0 Å². The van der Waals surface area contributed by atoms with Crippen molar-refractivity contribution in [2.75, 3.05) is 23.3 Å². The van der Waals surface area contributed by atoms with E-state index >= 15 is 0 Å². The molecule has 7 heteroatoms. The van der Waals surface area contributed by atoms with Crippen molar-refractivity contribution >= 4 is 23.0 Å². The van der Waals surface area contributed by atoms with Gasteiger partial charge in [0.2, 0.25) is 0 Å². The van der Waals surface area contributed by atoms with E-state index in [1.54, 1.807) is 12.1 Å². The van der Waals surface area contributed by atoms with Gasteiger partial charge in [-0.1, -0.05) is 0 Å². The SMILES string of the molecule is CCN(CC)c1ccc(C(=O)Nc2cc([N+](=O)[O-])ccc2F)cc1. The topological polar surface area (TPSA) is 75.5 Å². The molecular weight excluding hydrogens is 313 g/mol. The number of amides is 1. The second-order valence-corrected chi connectivity index (χ2v) is 5.09. The molecule has 0 saturated carbocycles. The van der Waals surface area contributed by atoms with E-state index in [0.29, 0.717) is 5.56 Å². The summed E-state index contributed by atoms with van der Waals surface area (Å²) in [5.41, 5.74) is 0.820. The molecule has 0 unspecified atom stereocenters. The molecule has 2 aromatic carbocycles. The lowest BCUT2D eigenvalue weighted by Crippen LogP contribution is -2.22. The first kappa shape index (κ1) is 17.4. The summed E-state index contributed by atoms with van der Waals surface area (Å²) in [6.45, 7) is 5.77. The molecule has 1 amide bonds. The molecule has 0 heterocycles. The molecule has 0 aliphatic heterocycles. The van der Waals surface area contributed by atoms with E-state index in [2.05, 4.69) is 10.2 Å². The Kier molecular flexibility index (Phi) is 5.47. The van der Waals surface area contributed by atoms with E-state index in [0.717, 1.165) is 37.0 Å². The Morgan fingerprint density at radius 1 is 1.17 bits per heavy atom. The van der Waals surface area contributed by atoms with E-state index in [-0.39, 0.29) is 11.4 Å². The molecule has 0 atom stereocenters. The highest BCUT2D eigenvalue weighted by Crippen LogP contribution is 2.22. The number of halogens is 1. The third-order valence-corrected chi connectivity index (χ3v) is 3.67. The predicted octanol–water partition coefficient (Wildman–Crippen LogP) is 3.83. The first-order valence-electron chi connectivity index (χ1n) is 7.56. The van der Waals surface area contributed by atoms with Crippen molar-refractivity contribution in [2.24, 2.45) is 0 Å². The number of anilines is 2.